The molecule has 0 amide bonds. The fourth-order valence-corrected chi connectivity index (χ4v) is 4.61. The molecule has 1 aliphatic carbocycles. The Morgan fingerprint density at radius 3 is 3.10 bits per heavy atom. The molecule has 0 unspecified atom stereocenters. The summed E-state index contributed by atoms with van der Waals surface area (Å²) < 4.78 is 1.68. The number of thiazole rings is 1. The number of hydrogen-bond acceptors (Lipinski definition) is 5. The molecule has 4 rings (SSSR count). The van der Waals surface area contributed by atoms with Crippen LogP contribution in [0.4, 0.5) is 0 Å². The maximum atomic E-state index is 12.7. The molecule has 0 saturated heterocycles. The number of fused-ring (bicyclic) bond motifs is 3. The fourth-order valence-electron chi connectivity index (χ4n) is 2.79. The lowest BCUT2D eigenvalue weighted by atomic mass is 10.2. The van der Waals surface area contributed by atoms with E-state index in [0.717, 1.165) is 40.2 Å². The van der Waals surface area contributed by atoms with Crippen LogP contribution < -0.4 is 5.56 Å². The fraction of sp³-hybridized carbons (Fsp3) is 0.357. The summed E-state index contributed by atoms with van der Waals surface area (Å²) in [4.78, 5) is 23.8. The van der Waals surface area contributed by atoms with Crippen LogP contribution >= 0.6 is 22.7 Å². The van der Waals surface area contributed by atoms with Crippen molar-refractivity contribution in [1.29, 1.82) is 0 Å². The first-order valence-corrected chi connectivity index (χ1v) is 8.32. The van der Waals surface area contributed by atoms with Crippen molar-refractivity contribution in [3.63, 3.8) is 0 Å². The molecule has 4 nitrogen and oxygen atoms in total. The quantitative estimate of drug-likeness (QED) is 0.731. The van der Waals surface area contributed by atoms with Gasteiger partial charge in [-0.25, -0.2) is 9.97 Å². The van der Waals surface area contributed by atoms with Gasteiger partial charge in [-0.15, -0.1) is 22.7 Å². The summed E-state index contributed by atoms with van der Waals surface area (Å²) in [7, 11) is 0. The number of aromatic nitrogens is 3. The summed E-state index contributed by atoms with van der Waals surface area (Å²) >= 11 is 3.29. The Bertz CT molecular complexity index is 859. The van der Waals surface area contributed by atoms with Crippen molar-refractivity contribution in [2.45, 2.75) is 32.7 Å². The van der Waals surface area contributed by atoms with Gasteiger partial charge in [-0.05, 0) is 31.7 Å². The van der Waals surface area contributed by atoms with Gasteiger partial charge in [0.05, 0.1) is 29.0 Å². The zero-order chi connectivity index (χ0) is 13.7. The van der Waals surface area contributed by atoms with E-state index in [-0.39, 0.29) is 5.56 Å². The molecule has 102 valence electrons. The summed E-state index contributed by atoms with van der Waals surface area (Å²) in [6, 6.07) is 0. The highest BCUT2D eigenvalue weighted by molar-refractivity contribution is 7.18. The van der Waals surface area contributed by atoms with E-state index < -0.39 is 0 Å². The number of rotatable bonds is 2. The Morgan fingerprint density at radius 1 is 1.40 bits per heavy atom. The van der Waals surface area contributed by atoms with Crippen molar-refractivity contribution in [2.24, 2.45) is 0 Å². The average Bonchev–Trinajstić information content (AvgIpc) is 3.08. The monoisotopic (exact) mass is 303 g/mol. The van der Waals surface area contributed by atoms with Crippen LogP contribution in [0, 0.1) is 6.92 Å². The van der Waals surface area contributed by atoms with Gasteiger partial charge in [0.2, 0.25) is 0 Å². The van der Waals surface area contributed by atoms with Gasteiger partial charge in [-0.2, -0.15) is 0 Å². The van der Waals surface area contributed by atoms with Gasteiger partial charge in [-0.3, -0.25) is 9.36 Å². The lowest BCUT2D eigenvalue weighted by Crippen LogP contribution is -2.21. The van der Waals surface area contributed by atoms with Crippen molar-refractivity contribution < 1.29 is 0 Å². The molecule has 20 heavy (non-hydrogen) atoms. The molecular weight excluding hydrogens is 290 g/mol. The summed E-state index contributed by atoms with van der Waals surface area (Å²) in [5, 5.41) is 3.87. The van der Waals surface area contributed by atoms with Crippen molar-refractivity contribution in [2.75, 3.05) is 0 Å². The van der Waals surface area contributed by atoms with Gasteiger partial charge in [0.25, 0.3) is 5.56 Å². The molecule has 0 radical (unpaired) electrons. The Kier molecular flexibility index (Phi) is 2.75. The summed E-state index contributed by atoms with van der Waals surface area (Å²) in [5.41, 5.74) is 2.26. The number of thiophene rings is 1. The van der Waals surface area contributed by atoms with E-state index >= 15 is 0 Å². The van der Waals surface area contributed by atoms with Gasteiger partial charge < -0.3 is 0 Å². The highest BCUT2D eigenvalue weighted by atomic mass is 32.1. The maximum absolute atomic E-state index is 12.7. The molecule has 3 heterocycles. The lowest BCUT2D eigenvalue weighted by Gasteiger charge is -2.03. The van der Waals surface area contributed by atoms with Crippen LogP contribution in [0.25, 0.3) is 10.2 Å². The molecule has 0 atom stereocenters. The molecule has 0 aliphatic heterocycles. The van der Waals surface area contributed by atoms with Crippen LogP contribution in [0.15, 0.2) is 16.5 Å². The highest BCUT2D eigenvalue weighted by Gasteiger charge is 2.21. The molecule has 3 aromatic rings. The zero-order valence-corrected chi connectivity index (χ0v) is 12.7. The topological polar surface area (TPSA) is 47.8 Å². The smallest absolute Gasteiger partial charge is 0.262 e. The SMILES string of the molecule is Cc1nc(Cn2cnc3sc4c(c3c2=O)CCC4)cs1. The molecule has 0 N–H and O–H groups in total. The second-order valence-electron chi connectivity index (χ2n) is 5.07. The maximum Gasteiger partial charge on any atom is 0.262 e. The molecule has 6 heteroatoms. The van der Waals surface area contributed by atoms with E-state index in [0.29, 0.717) is 6.54 Å². The summed E-state index contributed by atoms with van der Waals surface area (Å²) in [6.45, 7) is 2.49. The first-order valence-electron chi connectivity index (χ1n) is 6.63. The van der Waals surface area contributed by atoms with Gasteiger partial charge in [0.1, 0.15) is 4.83 Å². The van der Waals surface area contributed by atoms with Crippen molar-refractivity contribution in [1.82, 2.24) is 14.5 Å². The Hall–Kier alpha value is -1.53. The van der Waals surface area contributed by atoms with E-state index in [1.54, 1.807) is 33.6 Å². The molecule has 3 aromatic heterocycles. The Balaban J connectivity index is 1.85. The van der Waals surface area contributed by atoms with Crippen LogP contribution in [0.1, 0.15) is 27.6 Å². The van der Waals surface area contributed by atoms with Gasteiger partial charge >= 0.3 is 0 Å². The highest BCUT2D eigenvalue weighted by Crippen LogP contribution is 2.34. The second kappa shape index (κ2) is 4.49. The Morgan fingerprint density at radius 2 is 2.30 bits per heavy atom. The van der Waals surface area contributed by atoms with Crippen LogP contribution in [-0.4, -0.2) is 14.5 Å². The number of nitrogens with zero attached hydrogens (tertiary/aromatic N) is 3. The van der Waals surface area contributed by atoms with Crippen molar-refractivity contribution in [3.05, 3.63) is 43.2 Å². The average molecular weight is 303 g/mol. The molecule has 1 aliphatic rings. The third-order valence-electron chi connectivity index (χ3n) is 3.69. The van der Waals surface area contributed by atoms with Crippen LogP contribution in [-0.2, 0) is 19.4 Å². The van der Waals surface area contributed by atoms with Gasteiger partial charge in [-0.1, -0.05) is 0 Å². The molecular formula is C14H13N3OS2. The van der Waals surface area contributed by atoms with E-state index in [4.69, 9.17) is 0 Å². The minimum atomic E-state index is 0.0834. The number of aryl methyl sites for hydroxylation is 3. The predicted molar refractivity (Wildman–Crippen MR) is 81.9 cm³/mol. The van der Waals surface area contributed by atoms with Crippen molar-refractivity contribution in [3.8, 4) is 0 Å². The molecule has 0 saturated carbocycles. The summed E-state index contributed by atoms with van der Waals surface area (Å²) in [6.07, 6.45) is 4.94. The van der Waals surface area contributed by atoms with Crippen LogP contribution in [0.5, 0.6) is 0 Å². The molecule has 0 fully saturated rings. The minimum absolute atomic E-state index is 0.0834. The minimum Gasteiger partial charge on any atom is -0.293 e. The van der Waals surface area contributed by atoms with E-state index in [2.05, 4.69) is 9.97 Å². The van der Waals surface area contributed by atoms with Crippen LogP contribution in [0.2, 0.25) is 0 Å². The molecule has 0 bridgehead atoms. The third-order valence-corrected chi connectivity index (χ3v) is 5.71. The van der Waals surface area contributed by atoms with Gasteiger partial charge in [0.15, 0.2) is 0 Å². The van der Waals surface area contributed by atoms with E-state index in [9.17, 15) is 4.79 Å². The first kappa shape index (κ1) is 12.2. The third kappa shape index (κ3) is 1.83. The second-order valence-corrected chi connectivity index (χ2v) is 7.22. The normalized spacial score (nSPS) is 14.1. The van der Waals surface area contributed by atoms with E-state index in [1.807, 2.05) is 12.3 Å². The molecule has 0 aromatic carbocycles. The zero-order valence-electron chi connectivity index (χ0n) is 11.0. The summed E-state index contributed by atoms with van der Waals surface area (Å²) in [5.74, 6) is 0. The predicted octanol–water partition coefficient (Wildman–Crippen LogP) is 2.76. The molecule has 0 spiro atoms. The Labute approximate surface area is 123 Å². The number of hydrogen-bond donors (Lipinski definition) is 0. The first-order chi connectivity index (χ1) is 9.72. The standard InChI is InChI=1S/C14H13N3OS2/c1-8-16-9(6-19-8)5-17-7-15-13-12(14(17)18)10-3-2-4-11(10)20-13/h6-7H,2-5H2,1H3. The van der Waals surface area contributed by atoms with Crippen molar-refractivity contribution >= 4 is 32.9 Å². The van der Waals surface area contributed by atoms with Crippen LogP contribution in [0.3, 0.4) is 0 Å². The van der Waals surface area contributed by atoms with Gasteiger partial charge in [0, 0.05) is 10.3 Å². The largest absolute Gasteiger partial charge is 0.293 e. The lowest BCUT2D eigenvalue weighted by molar-refractivity contribution is 0.732. The van der Waals surface area contributed by atoms with E-state index in [1.165, 1.54) is 10.4 Å².